The van der Waals surface area contributed by atoms with Crippen LogP contribution in [-0.2, 0) is 20.4 Å². The molecule has 1 aliphatic rings. The summed E-state index contributed by atoms with van der Waals surface area (Å²) in [4.78, 5) is 0. The van der Waals surface area contributed by atoms with Crippen molar-refractivity contribution < 1.29 is 16.8 Å². The van der Waals surface area contributed by atoms with Gasteiger partial charge < -0.3 is 0 Å². The zero-order valence-corrected chi connectivity index (χ0v) is 12.2. The summed E-state index contributed by atoms with van der Waals surface area (Å²) in [5.41, 5.74) is 0. The van der Waals surface area contributed by atoms with Crippen LogP contribution in [0.4, 0.5) is 0 Å². The fraction of sp³-hybridized carbons (Fsp3) is 1.00. The molecule has 0 radical (unpaired) electrons. The Kier molecular flexibility index (Phi) is 5.09. The molecule has 8 nitrogen and oxygen atoms in total. The van der Waals surface area contributed by atoms with Crippen LogP contribution >= 0.6 is 0 Å². The van der Waals surface area contributed by atoms with Crippen molar-refractivity contribution in [2.45, 2.75) is 13.8 Å². The molecular formula is C8H20N4O4S2. The van der Waals surface area contributed by atoms with Gasteiger partial charge in [-0.05, 0) is 5.92 Å². The highest BCUT2D eigenvalue weighted by Gasteiger charge is 2.30. The van der Waals surface area contributed by atoms with Crippen LogP contribution in [0.3, 0.4) is 0 Å². The lowest BCUT2D eigenvalue weighted by Crippen LogP contribution is -2.54. The number of nitrogens with two attached hydrogens (primary N) is 1. The van der Waals surface area contributed by atoms with Gasteiger partial charge in [-0.15, -0.1) is 0 Å². The molecule has 0 amide bonds. The molecule has 1 fully saturated rings. The topological polar surface area (TPSA) is 113 Å². The van der Waals surface area contributed by atoms with E-state index in [9.17, 15) is 16.8 Å². The maximum Gasteiger partial charge on any atom is 0.279 e. The lowest BCUT2D eigenvalue weighted by atomic mass is 10.2. The number of nitrogens with one attached hydrogen (secondary N) is 1. The van der Waals surface area contributed by atoms with Crippen molar-refractivity contribution in [2.75, 3.05) is 32.7 Å². The average Bonchev–Trinajstić information content (AvgIpc) is 2.26. The van der Waals surface area contributed by atoms with Gasteiger partial charge in [-0.3, -0.25) is 0 Å². The van der Waals surface area contributed by atoms with Crippen LogP contribution < -0.4 is 9.86 Å². The standard InChI is InChI=1S/C8H20N4O4S2/c1-8(2)7-10-18(15,16)12-5-3-11(4-6-12)17(9,13)14/h8,10H,3-7H2,1-2H3,(H2,9,13,14). The molecule has 18 heavy (non-hydrogen) atoms. The van der Waals surface area contributed by atoms with E-state index in [0.29, 0.717) is 6.54 Å². The minimum absolute atomic E-state index is 0.0847. The molecule has 0 spiro atoms. The van der Waals surface area contributed by atoms with E-state index in [0.717, 1.165) is 4.31 Å². The Bertz CT molecular complexity index is 465. The van der Waals surface area contributed by atoms with Crippen molar-refractivity contribution >= 4 is 20.4 Å². The van der Waals surface area contributed by atoms with Crippen LogP contribution in [0.5, 0.6) is 0 Å². The summed E-state index contributed by atoms with van der Waals surface area (Å²) in [5, 5.41) is 4.98. The molecular weight excluding hydrogens is 280 g/mol. The third kappa shape index (κ3) is 4.44. The van der Waals surface area contributed by atoms with Gasteiger partial charge in [-0.2, -0.15) is 25.4 Å². The van der Waals surface area contributed by atoms with E-state index >= 15 is 0 Å². The van der Waals surface area contributed by atoms with E-state index in [4.69, 9.17) is 5.14 Å². The molecule has 3 N–H and O–H groups in total. The minimum atomic E-state index is -3.73. The summed E-state index contributed by atoms with van der Waals surface area (Å²) in [6.07, 6.45) is 0. The Labute approximate surface area is 108 Å². The Hall–Kier alpha value is -0.260. The normalized spacial score (nSPS) is 20.4. The number of piperazine rings is 1. The summed E-state index contributed by atoms with van der Waals surface area (Å²) in [6.45, 7) is 4.57. The number of hydrogen-bond acceptors (Lipinski definition) is 4. The largest absolute Gasteiger partial charge is 0.279 e. The molecule has 0 saturated carbocycles. The van der Waals surface area contributed by atoms with Gasteiger partial charge in [0.25, 0.3) is 20.4 Å². The Morgan fingerprint density at radius 3 is 1.89 bits per heavy atom. The second kappa shape index (κ2) is 5.80. The molecule has 1 aliphatic heterocycles. The predicted octanol–water partition coefficient (Wildman–Crippen LogP) is -1.70. The van der Waals surface area contributed by atoms with E-state index < -0.39 is 20.4 Å². The molecule has 0 bridgehead atoms. The summed E-state index contributed by atoms with van der Waals surface area (Å²) < 4.78 is 50.7. The Morgan fingerprint density at radius 1 is 1.06 bits per heavy atom. The summed E-state index contributed by atoms with van der Waals surface area (Å²) in [5.74, 6) is 0.213. The zero-order chi connectivity index (χ0) is 14.0. The molecule has 1 heterocycles. The van der Waals surface area contributed by atoms with Gasteiger partial charge in [0.2, 0.25) is 0 Å². The molecule has 1 saturated heterocycles. The lowest BCUT2D eigenvalue weighted by Gasteiger charge is -2.32. The third-order valence-electron chi connectivity index (χ3n) is 2.57. The summed E-state index contributed by atoms with van der Waals surface area (Å²) in [7, 11) is -7.26. The maximum atomic E-state index is 11.9. The first kappa shape index (κ1) is 15.8. The molecule has 0 aromatic rings. The fourth-order valence-electron chi connectivity index (χ4n) is 1.53. The first-order valence-electron chi connectivity index (χ1n) is 5.65. The van der Waals surface area contributed by atoms with Crippen molar-refractivity contribution in [1.29, 1.82) is 0 Å². The molecule has 0 atom stereocenters. The van der Waals surface area contributed by atoms with Crippen LogP contribution in [-0.4, -0.2) is 58.2 Å². The average molecular weight is 300 g/mol. The lowest BCUT2D eigenvalue weighted by molar-refractivity contribution is 0.270. The summed E-state index contributed by atoms with van der Waals surface area (Å²) in [6, 6.07) is 0. The smallest absolute Gasteiger partial charge is 0.216 e. The van der Waals surface area contributed by atoms with Gasteiger partial charge in [-0.1, -0.05) is 13.8 Å². The van der Waals surface area contributed by atoms with E-state index in [1.165, 1.54) is 4.31 Å². The van der Waals surface area contributed by atoms with Gasteiger partial charge in [-0.25, -0.2) is 9.86 Å². The molecule has 0 aliphatic carbocycles. The number of hydrogen-bond donors (Lipinski definition) is 2. The second-order valence-electron chi connectivity index (χ2n) is 4.59. The monoisotopic (exact) mass is 300 g/mol. The Morgan fingerprint density at radius 2 is 1.50 bits per heavy atom. The fourth-order valence-corrected chi connectivity index (χ4v) is 3.57. The van der Waals surface area contributed by atoms with E-state index in [1.807, 2.05) is 13.8 Å². The van der Waals surface area contributed by atoms with Crippen molar-refractivity contribution in [3.8, 4) is 0 Å². The molecule has 108 valence electrons. The number of nitrogens with zero attached hydrogens (tertiary/aromatic N) is 2. The zero-order valence-electron chi connectivity index (χ0n) is 10.5. The quantitative estimate of drug-likeness (QED) is 0.630. The molecule has 10 heteroatoms. The van der Waals surface area contributed by atoms with Crippen molar-refractivity contribution in [1.82, 2.24) is 13.3 Å². The van der Waals surface area contributed by atoms with E-state index in [-0.39, 0.29) is 32.1 Å². The molecule has 0 aromatic heterocycles. The highest BCUT2D eigenvalue weighted by atomic mass is 32.2. The van der Waals surface area contributed by atoms with E-state index in [2.05, 4.69) is 4.72 Å². The molecule has 1 rings (SSSR count). The van der Waals surface area contributed by atoms with Gasteiger partial charge >= 0.3 is 0 Å². The SMILES string of the molecule is CC(C)CNS(=O)(=O)N1CCN(S(N)(=O)=O)CC1. The number of rotatable bonds is 5. The van der Waals surface area contributed by atoms with E-state index in [1.54, 1.807) is 0 Å². The minimum Gasteiger partial charge on any atom is -0.216 e. The van der Waals surface area contributed by atoms with Gasteiger partial charge in [0.05, 0.1) is 0 Å². The molecule has 0 unspecified atom stereocenters. The second-order valence-corrected chi connectivity index (χ2v) is 7.89. The van der Waals surface area contributed by atoms with Crippen molar-refractivity contribution in [3.63, 3.8) is 0 Å². The van der Waals surface area contributed by atoms with Gasteiger partial charge in [0.1, 0.15) is 0 Å². The first-order valence-corrected chi connectivity index (χ1v) is 8.60. The highest BCUT2D eigenvalue weighted by Crippen LogP contribution is 2.08. The van der Waals surface area contributed by atoms with Crippen LogP contribution in [0.1, 0.15) is 13.8 Å². The van der Waals surface area contributed by atoms with Gasteiger partial charge in [0.15, 0.2) is 0 Å². The Balaban J connectivity index is 2.57. The summed E-state index contributed by atoms with van der Waals surface area (Å²) >= 11 is 0. The maximum absolute atomic E-state index is 11.9. The first-order chi connectivity index (χ1) is 8.13. The van der Waals surface area contributed by atoms with Crippen LogP contribution in [0.15, 0.2) is 0 Å². The van der Waals surface area contributed by atoms with Crippen LogP contribution in [0.2, 0.25) is 0 Å². The predicted molar refractivity (Wildman–Crippen MR) is 68.0 cm³/mol. The van der Waals surface area contributed by atoms with Crippen molar-refractivity contribution in [3.05, 3.63) is 0 Å². The van der Waals surface area contributed by atoms with Crippen LogP contribution in [0, 0.1) is 5.92 Å². The van der Waals surface area contributed by atoms with Crippen LogP contribution in [0.25, 0.3) is 0 Å². The third-order valence-corrected chi connectivity index (χ3v) is 5.23. The van der Waals surface area contributed by atoms with Crippen molar-refractivity contribution in [2.24, 2.45) is 11.1 Å². The highest BCUT2D eigenvalue weighted by molar-refractivity contribution is 7.87. The van der Waals surface area contributed by atoms with Gasteiger partial charge in [0, 0.05) is 32.7 Å². The molecule has 0 aromatic carbocycles.